The Labute approximate surface area is 112 Å². The first-order chi connectivity index (χ1) is 9.22. The molecule has 0 radical (unpaired) electrons. The maximum absolute atomic E-state index is 12.0. The number of hydrogen-bond donors (Lipinski definition) is 2. The molecule has 1 aliphatic rings. The van der Waals surface area contributed by atoms with Crippen LogP contribution in [0.5, 0.6) is 0 Å². The van der Waals surface area contributed by atoms with Crippen molar-refractivity contribution in [1.82, 2.24) is 5.32 Å². The number of benzene rings is 1. The number of aliphatic hydroxyl groups is 1. The van der Waals surface area contributed by atoms with Gasteiger partial charge in [0.2, 0.25) is 0 Å². The normalized spacial score (nSPS) is 19.4. The molecule has 4 nitrogen and oxygen atoms in total. The third kappa shape index (κ3) is 3.29. The summed E-state index contributed by atoms with van der Waals surface area (Å²) in [6.45, 7) is 0.310. The predicted molar refractivity (Wildman–Crippen MR) is 71.6 cm³/mol. The number of nitrogens with one attached hydrogen (secondary N) is 1. The largest absolute Gasteiger partial charge is 0.395 e. The Bertz CT molecular complexity index is 473. The number of Topliss-reactive ketones (excluding diaryl/α,β-unsaturated/α-hetero) is 2. The molecule has 0 saturated heterocycles. The van der Waals surface area contributed by atoms with Gasteiger partial charge in [0, 0.05) is 25.6 Å². The van der Waals surface area contributed by atoms with E-state index in [0.717, 1.165) is 5.56 Å². The third-order valence-corrected chi connectivity index (χ3v) is 3.24. The Balaban J connectivity index is 2.09. The Morgan fingerprint density at radius 3 is 2.37 bits per heavy atom. The highest BCUT2D eigenvalue weighted by Gasteiger charge is 2.30. The van der Waals surface area contributed by atoms with E-state index < -0.39 is 0 Å². The first-order valence-electron chi connectivity index (χ1n) is 6.38. The summed E-state index contributed by atoms with van der Waals surface area (Å²) < 4.78 is 0. The number of carbonyl (C=O) groups excluding carboxylic acids is 2. The number of ketones is 2. The number of allylic oxidation sites excluding steroid dienone is 1. The minimum Gasteiger partial charge on any atom is -0.395 e. The van der Waals surface area contributed by atoms with Gasteiger partial charge in [-0.25, -0.2) is 0 Å². The van der Waals surface area contributed by atoms with E-state index in [9.17, 15) is 9.59 Å². The molecule has 1 aliphatic carbocycles. The summed E-state index contributed by atoms with van der Waals surface area (Å²) in [4.78, 5) is 24.0. The average Bonchev–Trinajstić information content (AvgIpc) is 2.43. The number of rotatable bonds is 4. The van der Waals surface area contributed by atoms with Gasteiger partial charge in [-0.1, -0.05) is 30.3 Å². The third-order valence-electron chi connectivity index (χ3n) is 3.24. The average molecular weight is 259 g/mol. The van der Waals surface area contributed by atoms with Crippen LogP contribution in [0.3, 0.4) is 0 Å². The molecule has 100 valence electrons. The van der Waals surface area contributed by atoms with E-state index in [1.54, 1.807) is 0 Å². The maximum atomic E-state index is 12.0. The Hall–Kier alpha value is -1.94. The summed E-state index contributed by atoms with van der Waals surface area (Å²) in [6, 6.07) is 9.64. The van der Waals surface area contributed by atoms with Gasteiger partial charge in [-0.2, -0.15) is 0 Å². The van der Waals surface area contributed by atoms with Crippen LogP contribution in [0.2, 0.25) is 0 Å². The molecule has 0 aliphatic heterocycles. The molecule has 0 unspecified atom stereocenters. The number of hydrogen-bond acceptors (Lipinski definition) is 4. The SMILES string of the molecule is O=C1CC(c2ccccc2)CC(=O)C1=CNCCO. The summed E-state index contributed by atoms with van der Waals surface area (Å²) >= 11 is 0. The molecule has 0 atom stereocenters. The summed E-state index contributed by atoms with van der Waals surface area (Å²) in [5, 5.41) is 11.4. The predicted octanol–water partition coefficient (Wildman–Crippen LogP) is 1.17. The highest BCUT2D eigenvalue weighted by atomic mass is 16.3. The zero-order valence-electron chi connectivity index (χ0n) is 10.6. The van der Waals surface area contributed by atoms with Gasteiger partial charge in [0.1, 0.15) is 0 Å². The minimum absolute atomic E-state index is 0.0174. The van der Waals surface area contributed by atoms with Crippen molar-refractivity contribution >= 4 is 11.6 Å². The van der Waals surface area contributed by atoms with Gasteiger partial charge in [-0.15, -0.1) is 0 Å². The van der Waals surface area contributed by atoms with Crippen LogP contribution >= 0.6 is 0 Å². The lowest BCUT2D eigenvalue weighted by Gasteiger charge is -2.22. The van der Waals surface area contributed by atoms with E-state index in [4.69, 9.17) is 5.11 Å². The van der Waals surface area contributed by atoms with Gasteiger partial charge in [0.05, 0.1) is 12.2 Å². The Morgan fingerprint density at radius 1 is 1.16 bits per heavy atom. The molecular weight excluding hydrogens is 242 g/mol. The first kappa shape index (κ1) is 13.5. The van der Waals surface area contributed by atoms with Crippen LogP contribution in [-0.2, 0) is 9.59 Å². The van der Waals surface area contributed by atoms with Crippen LogP contribution in [0.25, 0.3) is 0 Å². The monoisotopic (exact) mass is 259 g/mol. The summed E-state index contributed by atoms with van der Waals surface area (Å²) in [7, 11) is 0. The fraction of sp³-hybridized carbons (Fsp3) is 0.333. The van der Waals surface area contributed by atoms with Gasteiger partial charge < -0.3 is 10.4 Å². The fourth-order valence-electron chi connectivity index (χ4n) is 2.26. The zero-order valence-corrected chi connectivity index (χ0v) is 10.6. The molecule has 19 heavy (non-hydrogen) atoms. The molecular formula is C15H17NO3. The highest BCUT2D eigenvalue weighted by Crippen LogP contribution is 2.31. The van der Waals surface area contributed by atoms with Crippen molar-refractivity contribution in [2.75, 3.05) is 13.2 Å². The van der Waals surface area contributed by atoms with Crippen molar-refractivity contribution in [1.29, 1.82) is 0 Å². The maximum Gasteiger partial charge on any atom is 0.168 e. The van der Waals surface area contributed by atoms with E-state index in [0.29, 0.717) is 19.4 Å². The van der Waals surface area contributed by atoms with Gasteiger partial charge in [-0.05, 0) is 11.5 Å². The number of carbonyl (C=O) groups is 2. The van der Waals surface area contributed by atoms with E-state index in [-0.39, 0.29) is 29.7 Å². The molecule has 0 heterocycles. The van der Waals surface area contributed by atoms with Crippen molar-refractivity contribution < 1.29 is 14.7 Å². The Kier molecular flexibility index (Phi) is 4.47. The van der Waals surface area contributed by atoms with Gasteiger partial charge in [-0.3, -0.25) is 9.59 Å². The zero-order chi connectivity index (χ0) is 13.7. The van der Waals surface area contributed by atoms with Crippen LogP contribution in [0, 0.1) is 0 Å². The standard InChI is InChI=1S/C15H17NO3/c17-7-6-16-10-13-14(18)8-12(9-15(13)19)11-4-2-1-3-5-11/h1-5,10,12,16-17H,6-9H2. The second-order valence-corrected chi connectivity index (χ2v) is 4.60. The lowest BCUT2D eigenvalue weighted by atomic mass is 9.80. The van der Waals surface area contributed by atoms with Crippen LogP contribution in [0.1, 0.15) is 24.3 Å². The van der Waals surface area contributed by atoms with Crippen molar-refractivity contribution in [2.45, 2.75) is 18.8 Å². The Morgan fingerprint density at radius 2 is 1.79 bits per heavy atom. The highest BCUT2D eigenvalue weighted by molar-refractivity contribution is 6.22. The fourth-order valence-corrected chi connectivity index (χ4v) is 2.26. The lowest BCUT2D eigenvalue weighted by molar-refractivity contribution is -0.124. The molecule has 2 N–H and O–H groups in total. The second-order valence-electron chi connectivity index (χ2n) is 4.60. The van der Waals surface area contributed by atoms with E-state index in [1.165, 1.54) is 6.20 Å². The minimum atomic E-state index is -0.129. The van der Waals surface area contributed by atoms with Crippen LogP contribution in [0.4, 0.5) is 0 Å². The molecule has 0 amide bonds. The molecule has 0 bridgehead atoms. The summed E-state index contributed by atoms with van der Waals surface area (Å²) in [5.74, 6) is -0.276. The molecule has 1 saturated carbocycles. The van der Waals surface area contributed by atoms with E-state index >= 15 is 0 Å². The quantitative estimate of drug-likeness (QED) is 0.484. The van der Waals surface area contributed by atoms with Crippen LogP contribution in [0.15, 0.2) is 42.1 Å². The summed E-state index contributed by atoms with van der Waals surface area (Å²) in [6.07, 6.45) is 2.16. The second kappa shape index (κ2) is 6.29. The van der Waals surface area contributed by atoms with Gasteiger partial charge in [0.15, 0.2) is 11.6 Å². The van der Waals surface area contributed by atoms with Crippen LogP contribution < -0.4 is 5.32 Å². The topological polar surface area (TPSA) is 66.4 Å². The van der Waals surface area contributed by atoms with Crippen molar-refractivity contribution in [3.8, 4) is 0 Å². The molecule has 4 heteroatoms. The van der Waals surface area contributed by atoms with Crippen LogP contribution in [-0.4, -0.2) is 29.8 Å². The van der Waals surface area contributed by atoms with Gasteiger partial charge >= 0.3 is 0 Å². The van der Waals surface area contributed by atoms with Crippen molar-refractivity contribution in [3.05, 3.63) is 47.7 Å². The van der Waals surface area contributed by atoms with Crippen molar-refractivity contribution in [2.24, 2.45) is 0 Å². The smallest absolute Gasteiger partial charge is 0.168 e. The number of aliphatic hydroxyl groups excluding tert-OH is 1. The summed E-state index contributed by atoms with van der Waals surface area (Å²) in [5.41, 5.74) is 1.26. The molecule has 1 aromatic rings. The molecule has 1 fully saturated rings. The van der Waals surface area contributed by atoms with E-state index in [2.05, 4.69) is 5.32 Å². The lowest BCUT2D eigenvalue weighted by Crippen LogP contribution is -2.27. The molecule has 0 aromatic heterocycles. The molecule has 0 spiro atoms. The molecule has 1 aromatic carbocycles. The molecule has 2 rings (SSSR count). The first-order valence-corrected chi connectivity index (χ1v) is 6.38. The van der Waals surface area contributed by atoms with E-state index in [1.807, 2.05) is 30.3 Å². The van der Waals surface area contributed by atoms with Crippen molar-refractivity contribution in [3.63, 3.8) is 0 Å². The van der Waals surface area contributed by atoms with Gasteiger partial charge in [0.25, 0.3) is 0 Å².